The summed E-state index contributed by atoms with van der Waals surface area (Å²) in [7, 11) is 0. The molecule has 2 amide bonds. The predicted octanol–water partition coefficient (Wildman–Crippen LogP) is 0.267. The quantitative estimate of drug-likeness (QED) is 0.0873. The van der Waals surface area contributed by atoms with Crippen LogP contribution in [0.1, 0.15) is 30.4 Å². The van der Waals surface area contributed by atoms with Crippen molar-refractivity contribution in [1.82, 2.24) is 10.6 Å². The third-order valence-corrected chi connectivity index (χ3v) is 5.18. The zero-order valence-electron chi connectivity index (χ0n) is 21.4. The number of hydrogen-bond acceptors (Lipinski definition) is 8. The lowest BCUT2D eigenvalue weighted by molar-refractivity contribution is -0.155. The molecule has 2 aromatic rings. The second-order valence-corrected chi connectivity index (χ2v) is 8.34. The van der Waals surface area contributed by atoms with Gasteiger partial charge in [0.1, 0.15) is 19.3 Å². The van der Waals surface area contributed by atoms with Gasteiger partial charge in [-0.1, -0.05) is 60.7 Å². The number of hydrogen-bond donors (Lipinski definition) is 5. The Bertz CT molecular complexity index is 1080. The SMILES string of the molecule is Cl.NC(N)=NCCC[C@H](N)C(=O)NCC(=O)N[C@@H](CC(=O)OCc1ccccc1)C(=O)OCc1ccccc1. The van der Waals surface area contributed by atoms with Gasteiger partial charge in [0.25, 0.3) is 0 Å². The molecule has 0 aliphatic rings. The average Bonchev–Trinajstić information content (AvgIpc) is 2.92. The van der Waals surface area contributed by atoms with E-state index in [2.05, 4.69) is 15.6 Å². The number of nitrogens with one attached hydrogen (secondary N) is 2. The Labute approximate surface area is 233 Å². The summed E-state index contributed by atoms with van der Waals surface area (Å²) in [6, 6.07) is 15.7. The molecule has 0 spiro atoms. The topological polar surface area (TPSA) is 201 Å². The average molecular weight is 563 g/mol. The molecule has 2 atom stereocenters. The molecular weight excluding hydrogens is 528 g/mol. The van der Waals surface area contributed by atoms with E-state index >= 15 is 0 Å². The molecule has 0 saturated heterocycles. The number of amides is 2. The number of guanidine groups is 1. The van der Waals surface area contributed by atoms with Gasteiger partial charge in [-0.3, -0.25) is 19.4 Å². The van der Waals surface area contributed by atoms with E-state index in [1.165, 1.54) is 0 Å². The number of halogens is 1. The van der Waals surface area contributed by atoms with Gasteiger partial charge in [0, 0.05) is 6.54 Å². The number of ether oxygens (including phenoxy) is 2. The first-order valence-electron chi connectivity index (χ1n) is 12.0. The first-order valence-corrected chi connectivity index (χ1v) is 12.0. The van der Waals surface area contributed by atoms with E-state index in [9.17, 15) is 19.2 Å². The minimum atomic E-state index is -1.32. The van der Waals surface area contributed by atoms with Gasteiger partial charge in [0.15, 0.2) is 5.96 Å². The van der Waals surface area contributed by atoms with Gasteiger partial charge in [-0.25, -0.2) is 4.79 Å². The molecule has 2 rings (SSSR count). The minimum Gasteiger partial charge on any atom is -0.461 e. The van der Waals surface area contributed by atoms with Crippen LogP contribution in [0.25, 0.3) is 0 Å². The Kier molecular flexibility index (Phi) is 15.3. The number of aliphatic imine (C=N–C) groups is 1. The van der Waals surface area contributed by atoms with Crippen LogP contribution in [0.15, 0.2) is 65.7 Å². The Hall–Kier alpha value is -4.16. The van der Waals surface area contributed by atoms with Gasteiger partial charge in [-0.15, -0.1) is 12.4 Å². The van der Waals surface area contributed by atoms with Gasteiger partial charge in [-0.05, 0) is 24.0 Å². The lowest BCUT2D eigenvalue weighted by atomic mass is 10.1. The van der Waals surface area contributed by atoms with Crippen molar-refractivity contribution in [3.05, 3.63) is 71.8 Å². The second kappa shape index (κ2) is 18.2. The minimum absolute atomic E-state index is 0. The summed E-state index contributed by atoms with van der Waals surface area (Å²) in [5.74, 6) is -2.84. The molecule has 0 aliphatic carbocycles. The normalized spacial score (nSPS) is 11.6. The summed E-state index contributed by atoms with van der Waals surface area (Å²) in [4.78, 5) is 53.6. The number of nitrogens with zero attached hydrogens (tertiary/aromatic N) is 1. The summed E-state index contributed by atoms with van der Waals surface area (Å²) in [5, 5.41) is 4.83. The smallest absolute Gasteiger partial charge is 0.329 e. The van der Waals surface area contributed by atoms with Crippen molar-refractivity contribution in [1.29, 1.82) is 0 Å². The van der Waals surface area contributed by atoms with Gasteiger partial charge >= 0.3 is 11.9 Å². The highest BCUT2D eigenvalue weighted by Crippen LogP contribution is 2.07. The predicted molar refractivity (Wildman–Crippen MR) is 147 cm³/mol. The molecular formula is C26H35ClN6O6. The fourth-order valence-corrected chi connectivity index (χ4v) is 3.18. The molecule has 2 aromatic carbocycles. The van der Waals surface area contributed by atoms with E-state index in [1.54, 1.807) is 48.5 Å². The maximum atomic E-state index is 12.7. The van der Waals surface area contributed by atoms with Crippen LogP contribution in [-0.4, -0.2) is 54.9 Å². The lowest BCUT2D eigenvalue weighted by Crippen LogP contribution is -2.49. The summed E-state index contributed by atoms with van der Waals surface area (Å²) < 4.78 is 10.5. The van der Waals surface area contributed by atoms with E-state index in [1.807, 2.05) is 12.1 Å². The van der Waals surface area contributed by atoms with Gasteiger partial charge in [0.05, 0.1) is 19.0 Å². The van der Waals surface area contributed by atoms with Crippen molar-refractivity contribution in [3.63, 3.8) is 0 Å². The van der Waals surface area contributed by atoms with Crippen molar-refractivity contribution in [2.45, 2.75) is 44.6 Å². The molecule has 0 fully saturated rings. The molecule has 0 bridgehead atoms. The van der Waals surface area contributed by atoms with Gasteiger partial charge in [-0.2, -0.15) is 0 Å². The summed E-state index contributed by atoms with van der Waals surface area (Å²) in [5.41, 5.74) is 17.8. The Morgan fingerprint density at radius 1 is 0.872 bits per heavy atom. The fourth-order valence-electron chi connectivity index (χ4n) is 3.18. The molecule has 0 saturated carbocycles. The highest BCUT2D eigenvalue weighted by atomic mass is 35.5. The number of benzene rings is 2. The first kappa shape index (κ1) is 32.9. The fraction of sp³-hybridized carbons (Fsp3) is 0.346. The molecule has 8 N–H and O–H groups in total. The van der Waals surface area contributed by atoms with Crippen LogP contribution in [0.5, 0.6) is 0 Å². The Morgan fingerprint density at radius 2 is 1.44 bits per heavy atom. The van der Waals surface area contributed by atoms with Crippen LogP contribution in [0.2, 0.25) is 0 Å². The Balaban J connectivity index is 0.00000760. The molecule has 0 radical (unpaired) electrons. The molecule has 0 aromatic heterocycles. The van der Waals surface area contributed by atoms with E-state index in [4.69, 9.17) is 26.7 Å². The molecule has 0 unspecified atom stereocenters. The van der Waals surface area contributed by atoms with Crippen molar-refractivity contribution in [2.24, 2.45) is 22.2 Å². The third-order valence-electron chi connectivity index (χ3n) is 5.18. The Morgan fingerprint density at radius 3 is 2.00 bits per heavy atom. The second-order valence-electron chi connectivity index (χ2n) is 8.34. The number of carbonyl (C=O) groups is 4. The van der Waals surface area contributed by atoms with Crippen molar-refractivity contribution in [3.8, 4) is 0 Å². The summed E-state index contributed by atoms with van der Waals surface area (Å²) in [6.07, 6.45) is 0.315. The number of carbonyl (C=O) groups excluding carboxylic acids is 4. The highest BCUT2D eigenvalue weighted by molar-refractivity contribution is 5.91. The zero-order chi connectivity index (χ0) is 27.8. The van der Waals surface area contributed by atoms with Crippen LogP contribution >= 0.6 is 12.4 Å². The summed E-state index contributed by atoms with van der Waals surface area (Å²) >= 11 is 0. The van der Waals surface area contributed by atoms with Crippen molar-refractivity contribution < 1.29 is 28.7 Å². The first-order chi connectivity index (χ1) is 18.2. The maximum Gasteiger partial charge on any atom is 0.329 e. The number of esters is 2. The maximum absolute atomic E-state index is 12.7. The van der Waals surface area contributed by atoms with Crippen LogP contribution in [0, 0.1) is 0 Å². The largest absolute Gasteiger partial charge is 0.461 e. The highest BCUT2D eigenvalue weighted by Gasteiger charge is 2.27. The number of nitrogens with two attached hydrogens (primary N) is 3. The third kappa shape index (κ3) is 13.8. The van der Waals surface area contributed by atoms with E-state index < -0.39 is 48.8 Å². The number of rotatable bonds is 15. The van der Waals surface area contributed by atoms with Crippen molar-refractivity contribution >= 4 is 42.1 Å². The summed E-state index contributed by atoms with van der Waals surface area (Å²) in [6.45, 7) is -0.175. The van der Waals surface area contributed by atoms with Crippen LogP contribution in [-0.2, 0) is 41.9 Å². The molecule has 12 nitrogen and oxygen atoms in total. The van der Waals surface area contributed by atoms with E-state index in [-0.39, 0.29) is 31.6 Å². The molecule has 0 aliphatic heterocycles. The van der Waals surface area contributed by atoms with Gasteiger partial charge < -0.3 is 37.3 Å². The molecule has 212 valence electrons. The molecule has 39 heavy (non-hydrogen) atoms. The van der Waals surface area contributed by atoms with Crippen LogP contribution < -0.4 is 27.8 Å². The van der Waals surface area contributed by atoms with Gasteiger partial charge in [0.2, 0.25) is 11.8 Å². The molecule has 0 heterocycles. The monoisotopic (exact) mass is 562 g/mol. The van der Waals surface area contributed by atoms with E-state index in [0.29, 0.717) is 19.4 Å². The van der Waals surface area contributed by atoms with E-state index in [0.717, 1.165) is 11.1 Å². The zero-order valence-corrected chi connectivity index (χ0v) is 22.2. The molecule has 13 heteroatoms. The lowest BCUT2D eigenvalue weighted by Gasteiger charge is -2.18. The van der Waals surface area contributed by atoms with Crippen molar-refractivity contribution in [2.75, 3.05) is 13.1 Å². The standard InChI is InChI=1S/C26H34N6O6.ClH/c27-20(12-7-13-30-26(28)29)24(35)31-15-22(33)32-21(25(36)38-17-19-10-5-2-6-11-19)14-23(34)37-16-18-8-3-1-4-9-18;/h1-6,8-11,20-21H,7,12-17,27H2,(H,31,35)(H,32,33)(H4,28,29,30);1H/t20-,21-;/m0./s1. The van der Waals surface area contributed by atoms with Crippen LogP contribution in [0.4, 0.5) is 0 Å². The van der Waals surface area contributed by atoms with Crippen LogP contribution in [0.3, 0.4) is 0 Å².